The average molecular weight is 288 g/mol. The summed E-state index contributed by atoms with van der Waals surface area (Å²) in [5, 5.41) is 13.9. The van der Waals surface area contributed by atoms with Crippen LogP contribution in [0.4, 0.5) is 14.5 Å². The van der Waals surface area contributed by atoms with Crippen molar-refractivity contribution in [1.29, 1.82) is 0 Å². The Kier molecular flexibility index (Phi) is 5.70. The summed E-state index contributed by atoms with van der Waals surface area (Å²) in [6.45, 7) is -1.72. The van der Waals surface area contributed by atoms with Crippen LogP contribution in [0.5, 0.6) is 5.75 Å². The van der Waals surface area contributed by atoms with Crippen LogP contribution in [0.15, 0.2) is 24.3 Å². The lowest BCUT2D eigenvalue weighted by Crippen LogP contribution is -2.44. The minimum atomic E-state index is -2.90. The first-order valence-electron chi connectivity index (χ1n) is 5.67. The van der Waals surface area contributed by atoms with E-state index in [1.165, 1.54) is 31.2 Å². The summed E-state index contributed by atoms with van der Waals surface area (Å²) < 4.78 is 28.1. The maximum atomic E-state index is 11.9. The van der Waals surface area contributed by atoms with Crippen molar-refractivity contribution in [3.05, 3.63) is 24.3 Å². The van der Waals surface area contributed by atoms with E-state index in [2.05, 4.69) is 15.4 Å². The van der Waals surface area contributed by atoms with E-state index >= 15 is 0 Å². The maximum absolute atomic E-state index is 11.9. The summed E-state index contributed by atoms with van der Waals surface area (Å²) >= 11 is 0. The molecule has 1 amide bonds. The largest absolute Gasteiger partial charge is 0.480 e. The average Bonchev–Trinajstić information content (AvgIpc) is 2.34. The van der Waals surface area contributed by atoms with Gasteiger partial charge in [-0.3, -0.25) is 4.79 Å². The van der Waals surface area contributed by atoms with Gasteiger partial charge in [-0.1, -0.05) is 0 Å². The molecule has 6 nitrogen and oxygen atoms in total. The lowest BCUT2D eigenvalue weighted by molar-refractivity contribution is -0.141. The van der Waals surface area contributed by atoms with Gasteiger partial charge in [0.15, 0.2) is 0 Å². The van der Waals surface area contributed by atoms with E-state index in [0.717, 1.165) is 0 Å². The number of hydrogen-bond acceptors (Lipinski definition) is 4. The molecule has 0 aliphatic heterocycles. The number of anilines is 1. The van der Waals surface area contributed by atoms with Crippen molar-refractivity contribution in [3.63, 3.8) is 0 Å². The molecular weight excluding hydrogens is 274 g/mol. The summed E-state index contributed by atoms with van der Waals surface area (Å²) in [4.78, 5) is 21.7. The Balaban J connectivity index is 2.55. The molecule has 0 radical (unpaired) electrons. The second-order valence-electron chi connectivity index (χ2n) is 3.88. The molecule has 3 N–H and O–H groups in total. The first kappa shape index (κ1) is 15.7. The number of alkyl halides is 2. The zero-order valence-electron chi connectivity index (χ0n) is 10.6. The number of rotatable bonds is 7. The number of ether oxygens (including phenoxy) is 1. The van der Waals surface area contributed by atoms with Gasteiger partial charge in [-0.05, 0) is 24.3 Å². The molecule has 1 unspecified atom stereocenters. The highest BCUT2D eigenvalue weighted by atomic mass is 19.3. The van der Waals surface area contributed by atoms with Crippen LogP contribution in [0.1, 0.15) is 6.92 Å². The fraction of sp³-hybridized carbons (Fsp3) is 0.333. The van der Waals surface area contributed by atoms with Gasteiger partial charge in [0.2, 0.25) is 5.91 Å². The molecule has 0 aromatic heterocycles. The Morgan fingerprint density at radius 2 is 1.90 bits per heavy atom. The van der Waals surface area contributed by atoms with Gasteiger partial charge in [0.1, 0.15) is 11.8 Å². The van der Waals surface area contributed by atoms with Crippen molar-refractivity contribution < 1.29 is 28.2 Å². The number of benzene rings is 1. The van der Waals surface area contributed by atoms with Gasteiger partial charge in [0, 0.05) is 19.2 Å². The summed E-state index contributed by atoms with van der Waals surface area (Å²) in [6, 6.07) is 4.49. The Labute approximate surface area is 113 Å². The van der Waals surface area contributed by atoms with Crippen molar-refractivity contribution in [2.75, 3.05) is 11.9 Å². The molecule has 110 valence electrons. The number of amides is 1. The minimum Gasteiger partial charge on any atom is -0.480 e. The molecule has 0 saturated carbocycles. The maximum Gasteiger partial charge on any atom is 0.387 e. The van der Waals surface area contributed by atoms with Crippen molar-refractivity contribution >= 4 is 17.6 Å². The molecule has 0 saturated heterocycles. The van der Waals surface area contributed by atoms with Gasteiger partial charge in [0.25, 0.3) is 0 Å². The number of carboxylic acid groups (broad SMARTS) is 1. The van der Waals surface area contributed by atoms with Gasteiger partial charge in [0.05, 0.1) is 0 Å². The quantitative estimate of drug-likeness (QED) is 0.703. The van der Waals surface area contributed by atoms with E-state index in [1.807, 2.05) is 0 Å². The number of carboxylic acids is 1. The van der Waals surface area contributed by atoms with Crippen LogP contribution in [-0.4, -0.2) is 36.2 Å². The van der Waals surface area contributed by atoms with Crippen molar-refractivity contribution in [3.8, 4) is 5.75 Å². The second-order valence-corrected chi connectivity index (χ2v) is 3.88. The third-order valence-corrected chi connectivity index (χ3v) is 2.27. The lowest BCUT2D eigenvalue weighted by atomic mass is 10.2. The van der Waals surface area contributed by atoms with E-state index in [0.29, 0.717) is 5.69 Å². The molecule has 0 bridgehead atoms. The smallest absolute Gasteiger partial charge is 0.387 e. The summed E-state index contributed by atoms with van der Waals surface area (Å²) in [6.07, 6.45) is 0. The van der Waals surface area contributed by atoms with Crippen LogP contribution in [0, 0.1) is 0 Å². The topological polar surface area (TPSA) is 87.7 Å². The summed E-state index contributed by atoms with van der Waals surface area (Å²) in [7, 11) is 0. The van der Waals surface area contributed by atoms with Crippen LogP contribution >= 0.6 is 0 Å². The van der Waals surface area contributed by atoms with Gasteiger partial charge in [-0.2, -0.15) is 8.78 Å². The molecule has 0 fully saturated rings. The Morgan fingerprint density at radius 3 is 2.35 bits per heavy atom. The normalized spacial score (nSPS) is 11.8. The molecule has 1 aromatic rings. The summed E-state index contributed by atoms with van der Waals surface area (Å²) in [5.74, 6) is -1.63. The SMILES string of the molecule is CC(=O)NC(CNc1ccc(OC(F)F)cc1)C(=O)O. The predicted octanol–water partition coefficient (Wildman–Crippen LogP) is 1.29. The zero-order valence-corrected chi connectivity index (χ0v) is 10.6. The number of hydrogen-bond donors (Lipinski definition) is 3. The molecule has 20 heavy (non-hydrogen) atoms. The number of carbonyl (C=O) groups excluding carboxylic acids is 1. The highest BCUT2D eigenvalue weighted by molar-refractivity contribution is 5.82. The van der Waals surface area contributed by atoms with Crippen LogP contribution in [0.3, 0.4) is 0 Å². The molecular formula is C12H14F2N2O4. The van der Waals surface area contributed by atoms with Crippen LogP contribution in [-0.2, 0) is 9.59 Å². The molecule has 1 aromatic carbocycles. The highest BCUT2D eigenvalue weighted by Gasteiger charge is 2.17. The van der Waals surface area contributed by atoms with Gasteiger partial charge >= 0.3 is 12.6 Å². The van der Waals surface area contributed by atoms with Crippen LogP contribution in [0.2, 0.25) is 0 Å². The third-order valence-electron chi connectivity index (χ3n) is 2.27. The molecule has 0 aliphatic carbocycles. The van der Waals surface area contributed by atoms with Gasteiger partial charge < -0.3 is 20.5 Å². The standard InChI is InChI=1S/C12H14F2N2O4/c1-7(17)16-10(11(18)19)6-15-8-2-4-9(5-3-8)20-12(13)14/h2-5,10,12,15H,6H2,1H3,(H,16,17)(H,18,19). The molecule has 1 atom stereocenters. The van der Waals surface area contributed by atoms with Crippen LogP contribution in [0.25, 0.3) is 0 Å². The zero-order chi connectivity index (χ0) is 15.1. The highest BCUT2D eigenvalue weighted by Crippen LogP contribution is 2.17. The van der Waals surface area contributed by atoms with Crippen molar-refractivity contribution in [1.82, 2.24) is 5.32 Å². The first-order valence-corrected chi connectivity index (χ1v) is 5.67. The van der Waals surface area contributed by atoms with Crippen molar-refractivity contribution in [2.45, 2.75) is 19.6 Å². The Morgan fingerprint density at radius 1 is 1.30 bits per heavy atom. The monoisotopic (exact) mass is 288 g/mol. The fourth-order valence-corrected chi connectivity index (χ4v) is 1.42. The number of halogens is 2. The lowest BCUT2D eigenvalue weighted by Gasteiger charge is -2.15. The number of aliphatic carboxylic acids is 1. The van der Waals surface area contributed by atoms with E-state index in [9.17, 15) is 18.4 Å². The predicted molar refractivity (Wildman–Crippen MR) is 66.8 cm³/mol. The Bertz CT molecular complexity index is 465. The third kappa shape index (κ3) is 5.51. The van der Waals surface area contributed by atoms with E-state index in [1.54, 1.807) is 0 Å². The molecule has 0 heterocycles. The van der Waals surface area contributed by atoms with Crippen LogP contribution < -0.4 is 15.4 Å². The van der Waals surface area contributed by atoms with E-state index < -0.39 is 24.5 Å². The molecule has 1 rings (SSSR count). The van der Waals surface area contributed by atoms with E-state index in [-0.39, 0.29) is 12.3 Å². The molecule has 0 spiro atoms. The summed E-state index contributed by atoms with van der Waals surface area (Å²) in [5.41, 5.74) is 0.517. The second kappa shape index (κ2) is 7.27. The van der Waals surface area contributed by atoms with Gasteiger partial charge in [-0.25, -0.2) is 4.79 Å². The molecule has 8 heteroatoms. The van der Waals surface area contributed by atoms with E-state index in [4.69, 9.17) is 5.11 Å². The first-order chi connectivity index (χ1) is 9.38. The fourth-order valence-electron chi connectivity index (χ4n) is 1.42. The molecule has 0 aliphatic rings. The van der Waals surface area contributed by atoms with Gasteiger partial charge in [-0.15, -0.1) is 0 Å². The number of nitrogens with one attached hydrogen (secondary N) is 2. The number of carbonyl (C=O) groups is 2. The Hall–Kier alpha value is -2.38. The van der Waals surface area contributed by atoms with Crippen molar-refractivity contribution in [2.24, 2.45) is 0 Å². The minimum absolute atomic E-state index is 0.00203.